The first-order valence-corrected chi connectivity index (χ1v) is 3.33. The Morgan fingerprint density at radius 3 is 2.60 bits per heavy atom. The summed E-state index contributed by atoms with van der Waals surface area (Å²) in [5, 5.41) is 3.18. The third kappa shape index (κ3) is 1.94. The lowest BCUT2D eigenvalue weighted by Gasteiger charge is -2.00. The van der Waals surface area contributed by atoms with Crippen LogP contribution in [0.1, 0.15) is 0 Å². The molecule has 0 aliphatic rings. The first-order valence-electron chi connectivity index (χ1n) is 3.33. The van der Waals surface area contributed by atoms with Gasteiger partial charge in [0.05, 0.1) is 0 Å². The monoisotopic (exact) mass is 135 g/mol. The van der Waals surface area contributed by atoms with Crippen LogP contribution < -0.4 is 5.32 Å². The summed E-state index contributed by atoms with van der Waals surface area (Å²) in [5.41, 5.74) is 1.14. The molecular weight excluding hydrogens is 124 g/mol. The van der Waals surface area contributed by atoms with Gasteiger partial charge in [0.2, 0.25) is 0 Å². The van der Waals surface area contributed by atoms with E-state index in [0.717, 1.165) is 12.2 Å². The van der Waals surface area contributed by atoms with Gasteiger partial charge in [-0.15, -0.1) is 6.58 Å². The maximum atomic E-state index is 3.61. The van der Waals surface area contributed by atoms with E-state index in [1.807, 2.05) is 36.4 Å². The summed E-state index contributed by atoms with van der Waals surface area (Å²) in [6.07, 6.45) is 1.84. The second-order valence-electron chi connectivity index (χ2n) is 2.04. The molecule has 1 aromatic rings. The van der Waals surface area contributed by atoms with Crippen LogP contribution in [0.4, 0.5) is 5.69 Å². The van der Waals surface area contributed by atoms with Crippen molar-refractivity contribution in [3.8, 4) is 0 Å². The van der Waals surface area contributed by atoms with Gasteiger partial charge in [-0.2, -0.15) is 0 Å². The van der Waals surface area contributed by atoms with Gasteiger partial charge in [-0.25, -0.2) is 0 Å². The number of benzene rings is 1. The predicted octanol–water partition coefficient (Wildman–Crippen LogP) is 2.28. The third-order valence-electron chi connectivity index (χ3n) is 1.22. The van der Waals surface area contributed by atoms with E-state index in [0.29, 0.717) is 0 Å². The van der Waals surface area contributed by atoms with Gasteiger partial charge in [0.1, 0.15) is 0 Å². The number of rotatable bonds is 3. The number of hydrogen-bond acceptors (Lipinski definition) is 1. The summed E-state index contributed by atoms with van der Waals surface area (Å²) in [6.45, 7) is 4.44. The Morgan fingerprint density at radius 1 is 1.30 bits per heavy atom. The van der Waals surface area contributed by atoms with Crippen LogP contribution in [-0.2, 0) is 0 Å². The molecule has 0 fully saturated rings. The maximum absolute atomic E-state index is 3.61. The Labute approximate surface area is 61.4 Å². The van der Waals surface area contributed by atoms with Gasteiger partial charge in [0.25, 0.3) is 0 Å². The molecule has 0 bridgehead atoms. The number of hydrogen-bond donors (Lipinski definition) is 1. The molecule has 0 saturated carbocycles. The van der Waals surface area contributed by atoms with E-state index < -0.39 is 0 Å². The van der Waals surface area contributed by atoms with E-state index >= 15 is 0 Å². The van der Waals surface area contributed by atoms with Crippen LogP contribution in [0.3, 0.4) is 0 Å². The van der Waals surface area contributed by atoms with Crippen molar-refractivity contribution in [3.05, 3.63) is 43.0 Å². The molecule has 0 aliphatic carbocycles. The number of para-hydroxylation sites is 1. The molecule has 0 atom stereocenters. The van der Waals surface area contributed by atoms with Gasteiger partial charge in [-0.1, -0.05) is 24.3 Å². The lowest BCUT2D eigenvalue weighted by Crippen LogP contribution is -1.96. The van der Waals surface area contributed by atoms with Crippen molar-refractivity contribution in [2.75, 3.05) is 11.9 Å². The molecule has 0 aliphatic heterocycles. The summed E-state index contributed by atoms with van der Waals surface area (Å²) < 4.78 is 0. The lowest BCUT2D eigenvalue weighted by atomic mass is 10.5. The Morgan fingerprint density at radius 2 is 2.00 bits per heavy atom. The zero-order valence-electron chi connectivity index (χ0n) is 5.88. The van der Waals surface area contributed by atoms with E-state index in [9.17, 15) is 0 Å². The Kier molecular flexibility index (Phi) is 2.56. The van der Waals surface area contributed by atoms with Gasteiger partial charge in [-0.3, -0.25) is 0 Å². The fourth-order valence-corrected chi connectivity index (χ4v) is 0.746. The minimum absolute atomic E-state index is 0.823. The third-order valence-corrected chi connectivity index (χ3v) is 1.22. The summed E-state index contributed by atoms with van der Waals surface area (Å²) in [7, 11) is 0. The van der Waals surface area contributed by atoms with E-state index in [4.69, 9.17) is 0 Å². The number of nitrogens with one attached hydrogen (secondary N) is 1. The topological polar surface area (TPSA) is 12.0 Å². The zero-order valence-corrected chi connectivity index (χ0v) is 5.88. The van der Waals surface area contributed by atoms with Crippen molar-refractivity contribution in [3.63, 3.8) is 0 Å². The molecule has 0 unspecified atom stereocenters. The summed E-state index contributed by atoms with van der Waals surface area (Å²) in [5.74, 6) is 0. The second kappa shape index (κ2) is 3.72. The molecule has 0 saturated heterocycles. The number of anilines is 1. The molecule has 0 amide bonds. The molecule has 1 nitrogen and oxygen atoms in total. The van der Waals surface area contributed by atoms with Crippen molar-refractivity contribution in [2.24, 2.45) is 0 Å². The quantitative estimate of drug-likeness (QED) is 0.627. The average Bonchev–Trinajstić information content (AvgIpc) is 2.03. The highest BCUT2D eigenvalue weighted by atomic mass is 15.4. The highest BCUT2D eigenvalue weighted by molar-refractivity contribution is 5.42. The fourth-order valence-electron chi connectivity index (χ4n) is 0.746. The minimum Gasteiger partial charge on any atom is -0.382 e. The van der Waals surface area contributed by atoms with Gasteiger partial charge in [0.15, 0.2) is 0 Å². The fraction of sp³-hybridized carbons (Fsp3) is 0.111. The van der Waals surface area contributed by atoms with Crippen LogP contribution in [-0.4, -0.2) is 6.54 Å². The Hall–Kier alpha value is -1.24. The van der Waals surface area contributed by atoms with E-state index in [1.54, 1.807) is 0 Å². The molecule has 0 spiro atoms. The Balaban J connectivity index is 2.50. The first kappa shape index (κ1) is 6.87. The largest absolute Gasteiger partial charge is 0.382 e. The predicted molar refractivity (Wildman–Crippen MR) is 45.1 cm³/mol. The van der Waals surface area contributed by atoms with Crippen LogP contribution in [0, 0.1) is 0 Å². The van der Waals surface area contributed by atoms with E-state index in [-0.39, 0.29) is 0 Å². The van der Waals surface area contributed by atoms with Crippen molar-refractivity contribution in [1.29, 1.82) is 0 Å². The highest BCUT2D eigenvalue weighted by Gasteiger charge is 1.82. The second-order valence-corrected chi connectivity index (χ2v) is 2.04. The van der Waals surface area contributed by atoms with Crippen molar-refractivity contribution in [2.45, 2.75) is 0 Å². The molecule has 1 N–H and O–H groups in total. The van der Waals surface area contributed by atoms with Crippen LogP contribution in [0.2, 0.25) is 0 Å². The maximum Gasteiger partial charge on any atom is 0.0342 e. The van der Waals surface area contributed by atoms with Crippen molar-refractivity contribution in [1.82, 2.24) is 0 Å². The van der Waals surface area contributed by atoms with E-state index in [2.05, 4.69) is 11.9 Å². The molecule has 1 aromatic carbocycles. The average molecular weight is 135 g/mol. The SMILES string of the molecule is C=CCN[14c]1ccccc1. The molecule has 1 heteroatoms. The molecular formula is C9H11N. The molecule has 1 rings (SSSR count). The van der Waals surface area contributed by atoms with Crippen LogP contribution >= 0.6 is 0 Å². The zero-order chi connectivity index (χ0) is 7.23. The standard InChI is InChI=1S/C9H11N/c1-2-8-10-9-6-4-3-5-7-9/h2-7,10H,1,8H2/i9+2. The smallest absolute Gasteiger partial charge is 0.0342 e. The van der Waals surface area contributed by atoms with Gasteiger partial charge >= 0.3 is 0 Å². The first-order chi connectivity index (χ1) is 4.93. The van der Waals surface area contributed by atoms with Gasteiger partial charge < -0.3 is 5.32 Å². The van der Waals surface area contributed by atoms with Crippen LogP contribution in [0.5, 0.6) is 0 Å². The lowest BCUT2D eigenvalue weighted by molar-refractivity contribution is 1.34. The highest BCUT2D eigenvalue weighted by Crippen LogP contribution is 2.03. The van der Waals surface area contributed by atoms with Crippen LogP contribution in [0.15, 0.2) is 43.0 Å². The summed E-state index contributed by atoms with van der Waals surface area (Å²) in [4.78, 5) is 0. The van der Waals surface area contributed by atoms with Crippen LogP contribution in [0.25, 0.3) is 0 Å². The summed E-state index contributed by atoms with van der Waals surface area (Å²) >= 11 is 0. The Bertz CT molecular complexity index is 191. The normalized spacial score (nSPS) is 8.80. The molecule has 0 aromatic heterocycles. The van der Waals surface area contributed by atoms with Gasteiger partial charge in [-0.05, 0) is 12.1 Å². The van der Waals surface area contributed by atoms with Gasteiger partial charge in [0, 0.05) is 12.2 Å². The van der Waals surface area contributed by atoms with E-state index in [1.165, 1.54) is 0 Å². The van der Waals surface area contributed by atoms with Crippen molar-refractivity contribution >= 4 is 5.69 Å². The molecule has 0 radical (unpaired) electrons. The summed E-state index contributed by atoms with van der Waals surface area (Å²) in [6, 6.07) is 10.1. The minimum atomic E-state index is 0.823. The molecule has 52 valence electrons. The molecule has 0 heterocycles. The molecule has 10 heavy (non-hydrogen) atoms. The van der Waals surface area contributed by atoms with Crippen molar-refractivity contribution < 1.29 is 0 Å².